The molecule has 0 amide bonds. The van der Waals surface area contributed by atoms with Crippen molar-refractivity contribution in [1.29, 1.82) is 0 Å². The van der Waals surface area contributed by atoms with Gasteiger partial charge in [-0.2, -0.15) is 8.78 Å². The normalized spacial score (nSPS) is 16.6. The number of benzene rings is 2. The van der Waals surface area contributed by atoms with Crippen molar-refractivity contribution in [3.05, 3.63) is 66.0 Å². The zero-order valence-electron chi connectivity index (χ0n) is 14.2. The third kappa shape index (κ3) is 2.66. The molecule has 4 nitrogen and oxygen atoms in total. The van der Waals surface area contributed by atoms with Gasteiger partial charge in [-0.15, -0.1) is 0 Å². The molecule has 0 radical (unpaired) electrons. The molecule has 0 aliphatic heterocycles. The van der Waals surface area contributed by atoms with Crippen LogP contribution in [-0.4, -0.2) is 15.5 Å². The summed E-state index contributed by atoms with van der Waals surface area (Å²) in [6, 6.07) is 16.1. The molecule has 6 heteroatoms. The van der Waals surface area contributed by atoms with Crippen LogP contribution in [0.2, 0.25) is 0 Å². The van der Waals surface area contributed by atoms with E-state index in [1.807, 2.05) is 30.3 Å². The highest BCUT2D eigenvalue weighted by molar-refractivity contribution is 5.87. The number of para-hydroxylation sites is 2. The Bertz CT molecular complexity index is 949. The molecule has 3 aromatic rings. The van der Waals surface area contributed by atoms with E-state index in [2.05, 4.69) is 4.98 Å². The Morgan fingerprint density at radius 2 is 1.77 bits per heavy atom. The number of aromatic nitrogens is 2. The summed E-state index contributed by atoms with van der Waals surface area (Å²) in [6.45, 7) is -1.18. The Kier molecular flexibility index (Phi) is 3.98. The number of carbonyl (C=O) groups excluding carboxylic acids is 1. The fourth-order valence-electron chi connectivity index (χ4n) is 3.37. The lowest BCUT2D eigenvalue weighted by molar-refractivity contribution is -0.152. The van der Waals surface area contributed by atoms with E-state index in [1.54, 1.807) is 31.2 Å². The molecule has 1 heterocycles. The number of esters is 1. The minimum Gasteiger partial charge on any atom is -0.454 e. The summed E-state index contributed by atoms with van der Waals surface area (Å²) in [5, 5.41) is 0. The van der Waals surface area contributed by atoms with Crippen molar-refractivity contribution in [3.63, 3.8) is 0 Å². The number of rotatable bonds is 5. The first-order chi connectivity index (χ1) is 12.5. The molecular weight excluding hydrogens is 338 g/mol. The summed E-state index contributed by atoms with van der Waals surface area (Å²) in [6.07, 6.45) is 0.534. The van der Waals surface area contributed by atoms with Crippen molar-refractivity contribution in [2.45, 2.75) is 37.8 Å². The van der Waals surface area contributed by atoms with Gasteiger partial charge in [0, 0.05) is 0 Å². The first-order valence-corrected chi connectivity index (χ1v) is 8.54. The van der Waals surface area contributed by atoms with E-state index in [0.29, 0.717) is 23.9 Å². The smallest absolute Gasteiger partial charge is 0.320 e. The van der Waals surface area contributed by atoms with Crippen molar-refractivity contribution >= 4 is 17.0 Å². The number of hydrogen-bond donors (Lipinski definition) is 0. The third-order valence-corrected chi connectivity index (χ3v) is 4.93. The first kappa shape index (κ1) is 16.7. The zero-order chi connectivity index (χ0) is 18.3. The van der Waals surface area contributed by atoms with Crippen LogP contribution in [-0.2, 0) is 14.9 Å². The van der Waals surface area contributed by atoms with Crippen LogP contribution in [0.15, 0.2) is 54.6 Å². The van der Waals surface area contributed by atoms with E-state index in [4.69, 9.17) is 4.74 Å². The Morgan fingerprint density at radius 3 is 2.42 bits per heavy atom. The summed E-state index contributed by atoms with van der Waals surface area (Å²) in [5.41, 5.74) is 1.02. The lowest BCUT2D eigenvalue weighted by Crippen LogP contribution is -2.25. The van der Waals surface area contributed by atoms with Crippen LogP contribution in [0.5, 0.6) is 0 Å². The Labute approximate surface area is 149 Å². The molecule has 26 heavy (non-hydrogen) atoms. The van der Waals surface area contributed by atoms with Crippen molar-refractivity contribution in [2.24, 2.45) is 0 Å². The zero-order valence-corrected chi connectivity index (χ0v) is 14.2. The minimum absolute atomic E-state index is 0.0541. The van der Waals surface area contributed by atoms with Gasteiger partial charge in [0.25, 0.3) is 0 Å². The predicted molar refractivity (Wildman–Crippen MR) is 92.8 cm³/mol. The molecule has 1 aliphatic carbocycles. The number of carbonyl (C=O) groups is 1. The van der Waals surface area contributed by atoms with E-state index < -0.39 is 18.1 Å². The van der Waals surface area contributed by atoms with Crippen molar-refractivity contribution in [3.8, 4) is 0 Å². The molecule has 1 unspecified atom stereocenters. The molecule has 1 aromatic heterocycles. The van der Waals surface area contributed by atoms with Crippen LogP contribution in [0, 0.1) is 0 Å². The topological polar surface area (TPSA) is 44.1 Å². The third-order valence-electron chi connectivity index (χ3n) is 4.93. The fraction of sp³-hybridized carbons (Fsp3) is 0.300. The lowest BCUT2D eigenvalue weighted by Gasteiger charge is -2.19. The Balaban J connectivity index is 1.63. The number of halogens is 2. The number of hydrogen-bond acceptors (Lipinski definition) is 3. The van der Waals surface area contributed by atoms with E-state index >= 15 is 0 Å². The van der Waals surface area contributed by atoms with Gasteiger partial charge in [-0.25, -0.2) is 4.98 Å². The molecular formula is C20H18F2N2O2. The lowest BCUT2D eigenvalue weighted by atomic mass is 9.96. The van der Waals surface area contributed by atoms with Crippen molar-refractivity contribution in [2.75, 3.05) is 0 Å². The largest absolute Gasteiger partial charge is 0.454 e. The molecule has 0 saturated heterocycles. The number of imidazole rings is 1. The van der Waals surface area contributed by atoms with Gasteiger partial charge in [0.15, 0.2) is 11.9 Å². The number of nitrogens with zero attached hydrogens (tertiary/aromatic N) is 2. The summed E-state index contributed by atoms with van der Waals surface area (Å²) >= 11 is 0. The Hall–Kier alpha value is -2.76. The van der Waals surface area contributed by atoms with Gasteiger partial charge in [-0.3, -0.25) is 9.36 Å². The van der Waals surface area contributed by atoms with Crippen molar-refractivity contribution in [1.82, 2.24) is 9.55 Å². The van der Waals surface area contributed by atoms with E-state index in [9.17, 15) is 13.6 Å². The average molecular weight is 356 g/mol. The quantitative estimate of drug-likeness (QED) is 0.619. The van der Waals surface area contributed by atoms with Crippen LogP contribution in [0.1, 0.15) is 43.8 Å². The second-order valence-electron chi connectivity index (χ2n) is 6.60. The van der Waals surface area contributed by atoms with Gasteiger partial charge >= 0.3 is 12.5 Å². The van der Waals surface area contributed by atoms with E-state index in [1.165, 1.54) is 0 Å². The van der Waals surface area contributed by atoms with E-state index in [0.717, 1.165) is 10.1 Å². The van der Waals surface area contributed by atoms with Crippen LogP contribution in [0.25, 0.3) is 11.0 Å². The van der Waals surface area contributed by atoms with Gasteiger partial charge in [0.05, 0.1) is 16.4 Å². The monoisotopic (exact) mass is 356 g/mol. The number of fused-ring (bicyclic) bond motifs is 1. The average Bonchev–Trinajstić information content (AvgIpc) is 3.36. The van der Waals surface area contributed by atoms with Crippen LogP contribution in [0.3, 0.4) is 0 Å². The molecule has 0 N–H and O–H groups in total. The maximum absolute atomic E-state index is 13.6. The number of alkyl halides is 2. The van der Waals surface area contributed by atoms with Crippen LogP contribution in [0.4, 0.5) is 8.78 Å². The predicted octanol–water partition coefficient (Wildman–Crippen LogP) is 4.77. The van der Waals surface area contributed by atoms with Crippen molar-refractivity contribution < 1.29 is 18.3 Å². The maximum atomic E-state index is 13.6. The molecule has 1 saturated carbocycles. The second-order valence-corrected chi connectivity index (χ2v) is 6.60. The molecule has 1 fully saturated rings. The molecule has 2 aromatic carbocycles. The highest BCUT2D eigenvalue weighted by Gasteiger charge is 2.53. The molecule has 1 atom stereocenters. The minimum atomic E-state index is -2.76. The first-order valence-electron chi connectivity index (χ1n) is 8.54. The van der Waals surface area contributed by atoms with E-state index in [-0.39, 0.29) is 11.8 Å². The summed E-state index contributed by atoms with van der Waals surface area (Å²) in [4.78, 5) is 17.0. The van der Waals surface area contributed by atoms with Gasteiger partial charge in [-0.1, -0.05) is 42.5 Å². The molecule has 0 spiro atoms. The molecule has 1 aliphatic rings. The summed E-state index contributed by atoms with van der Waals surface area (Å²) in [7, 11) is 0. The Morgan fingerprint density at radius 1 is 1.12 bits per heavy atom. The van der Waals surface area contributed by atoms with Crippen LogP contribution >= 0.6 is 0 Å². The highest BCUT2D eigenvalue weighted by Crippen LogP contribution is 2.49. The van der Waals surface area contributed by atoms with Gasteiger partial charge < -0.3 is 4.74 Å². The van der Waals surface area contributed by atoms with Crippen LogP contribution < -0.4 is 0 Å². The number of ether oxygens (including phenoxy) is 1. The second kappa shape index (κ2) is 6.20. The maximum Gasteiger partial charge on any atom is 0.320 e. The molecule has 134 valence electrons. The standard InChI is InChI=1S/C20H18F2N2O2/c1-13(17-23-15-9-5-6-10-16(15)24(17)19(21)22)26-18(25)20(11-12-20)14-7-3-2-4-8-14/h2-10,13,19H,11-12H2,1H3. The summed E-state index contributed by atoms with van der Waals surface area (Å²) < 4.78 is 33.6. The van der Waals surface area contributed by atoms with Gasteiger partial charge in [-0.05, 0) is 37.5 Å². The molecule has 4 rings (SSSR count). The van der Waals surface area contributed by atoms with Gasteiger partial charge in [0.1, 0.15) is 0 Å². The van der Waals surface area contributed by atoms with Gasteiger partial charge in [0.2, 0.25) is 0 Å². The molecule has 0 bridgehead atoms. The fourth-order valence-corrected chi connectivity index (χ4v) is 3.37. The summed E-state index contributed by atoms with van der Waals surface area (Å²) in [5.74, 6) is -0.331. The highest BCUT2D eigenvalue weighted by atomic mass is 19.3. The SMILES string of the molecule is CC(OC(=O)C1(c2ccccc2)CC1)c1nc2ccccc2n1C(F)F.